The van der Waals surface area contributed by atoms with Gasteiger partial charge in [0.1, 0.15) is 5.82 Å². The summed E-state index contributed by atoms with van der Waals surface area (Å²) in [4.78, 5) is 4.10. The molecule has 0 saturated carbocycles. The molecule has 1 aliphatic heterocycles. The zero-order chi connectivity index (χ0) is 12.6. The third-order valence-corrected chi connectivity index (χ3v) is 4.99. The van der Waals surface area contributed by atoms with Crippen molar-refractivity contribution in [2.75, 3.05) is 19.6 Å². The van der Waals surface area contributed by atoms with Crippen molar-refractivity contribution in [2.24, 2.45) is 7.05 Å². The van der Waals surface area contributed by atoms with Gasteiger partial charge < -0.3 is 9.88 Å². The first-order chi connectivity index (χ1) is 7.93. The Balaban J connectivity index is 0.00000162. The topological polar surface area (TPSA) is 67.2 Å². The summed E-state index contributed by atoms with van der Waals surface area (Å²) in [6.07, 6.45) is 1.57. The lowest BCUT2D eigenvalue weighted by molar-refractivity contribution is 0.283. The summed E-state index contributed by atoms with van der Waals surface area (Å²) < 4.78 is 28.0. The Morgan fingerprint density at radius 2 is 2.17 bits per heavy atom. The van der Waals surface area contributed by atoms with Crippen LogP contribution in [0.25, 0.3) is 0 Å². The molecule has 0 amide bonds. The summed E-state index contributed by atoms with van der Waals surface area (Å²) in [5.41, 5.74) is 0. The molecule has 1 atom stereocenters. The molecular formula is C10H19ClN4O2S. The number of aryl methyl sites for hydroxylation is 2. The van der Waals surface area contributed by atoms with Crippen molar-refractivity contribution >= 4 is 22.4 Å². The zero-order valence-electron chi connectivity index (χ0n) is 10.8. The van der Waals surface area contributed by atoms with E-state index in [4.69, 9.17) is 0 Å². The second kappa shape index (κ2) is 5.56. The summed E-state index contributed by atoms with van der Waals surface area (Å²) in [5.74, 6) is 0.700. The van der Waals surface area contributed by atoms with Gasteiger partial charge in [0, 0.05) is 38.9 Å². The quantitative estimate of drug-likeness (QED) is 0.842. The van der Waals surface area contributed by atoms with E-state index in [0.717, 1.165) is 0 Å². The van der Waals surface area contributed by atoms with E-state index in [0.29, 0.717) is 25.5 Å². The standard InChI is InChI=1S/C10H18N4O2S.ClH/c1-8-6-11-4-5-14(8)17(15,16)10-7-13(3)9(2)12-10;/h7-8,11H,4-6H2,1-3H3;1H/t8-;/m0./s1. The highest BCUT2D eigenvalue weighted by molar-refractivity contribution is 7.89. The smallest absolute Gasteiger partial charge is 0.262 e. The molecule has 0 radical (unpaired) electrons. The molecule has 6 nitrogen and oxygen atoms in total. The number of hydrogen-bond donors (Lipinski definition) is 1. The van der Waals surface area contributed by atoms with Gasteiger partial charge in [-0.15, -0.1) is 12.4 Å². The average Bonchev–Trinajstić information content (AvgIpc) is 2.60. The van der Waals surface area contributed by atoms with Crippen LogP contribution in [-0.4, -0.2) is 48.0 Å². The van der Waals surface area contributed by atoms with Crippen LogP contribution >= 0.6 is 12.4 Å². The van der Waals surface area contributed by atoms with Gasteiger partial charge in [-0.3, -0.25) is 0 Å². The van der Waals surface area contributed by atoms with Crippen LogP contribution < -0.4 is 5.32 Å². The molecule has 2 heterocycles. The fourth-order valence-corrected chi connectivity index (χ4v) is 3.61. The van der Waals surface area contributed by atoms with Crippen molar-refractivity contribution in [2.45, 2.75) is 24.9 Å². The van der Waals surface area contributed by atoms with Crippen LogP contribution in [0.4, 0.5) is 0 Å². The van der Waals surface area contributed by atoms with Crippen LogP contribution in [0.1, 0.15) is 12.7 Å². The Bertz CT molecular complexity index is 494. The summed E-state index contributed by atoms with van der Waals surface area (Å²) in [6, 6.07) is -0.0314. The van der Waals surface area contributed by atoms with E-state index >= 15 is 0 Å². The van der Waals surface area contributed by atoms with Crippen molar-refractivity contribution in [3.05, 3.63) is 12.0 Å². The molecule has 0 unspecified atom stereocenters. The fraction of sp³-hybridized carbons (Fsp3) is 0.700. The first-order valence-electron chi connectivity index (χ1n) is 5.65. The lowest BCUT2D eigenvalue weighted by Crippen LogP contribution is -2.52. The number of aromatic nitrogens is 2. The molecule has 18 heavy (non-hydrogen) atoms. The minimum atomic E-state index is -3.45. The van der Waals surface area contributed by atoms with Crippen LogP contribution in [0.5, 0.6) is 0 Å². The van der Waals surface area contributed by atoms with Crippen LogP contribution in [-0.2, 0) is 17.1 Å². The fourth-order valence-electron chi connectivity index (χ4n) is 1.95. The average molecular weight is 295 g/mol. The Kier molecular flexibility index (Phi) is 4.77. The lowest BCUT2D eigenvalue weighted by Gasteiger charge is -2.32. The van der Waals surface area contributed by atoms with E-state index in [9.17, 15) is 8.42 Å². The third kappa shape index (κ3) is 2.69. The number of rotatable bonds is 2. The van der Waals surface area contributed by atoms with E-state index in [2.05, 4.69) is 10.3 Å². The predicted molar refractivity (Wildman–Crippen MR) is 71.4 cm³/mol. The van der Waals surface area contributed by atoms with Crippen molar-refractivity contribution in [1.29, 1.82) is 0 Å². The van der Waals surface area contributed by atoms with Crippen molar-refractivity contribution < 1.29 is 8.42 Å². The summed E-state index contributed by atoms with van der Waals surface area (Å²) in [6.45, 7) is 5.57. The SMILES string of the molecule is Cc1nc(S(=O)(=O)N2CCNC[C@@H]2C)cn1C.Cl. The Morgan fingerprint density at radius 1 is 1.50 bits per heavy atom. The maximum Gasteiger partial charge on any atom is 0.262 e. The number of halogens is 1. The predicted octanol–water partition coefficient (Wildman–Crippen LogP) is 0.133. The molecule has 0 spiro atoms. The van der Waals surface area contributed by atoms with Gasteiger partial charge >= 0.3 is 0 Å². The van der Waals surface area contributed by atoms with Gasteiger partial charge in [-0.25, -0.2) is 13.4 Å². The molecule has 0 aromatic carbocycles. The number of sulfonamides is 1. The maximum absolute atomic E-state index is 12.4. The molecule has 1 N–H and O–H groups in total. The van der Waals surface area contributed by atoms with E-state index in [-0.39, 0.29) is 23.5 Å². The monoisotopic (exact) mass is 294 g/mol. The molecule has 1 aromatic heterocycles. The van der Waals surface area contributed by atoms with Gasteiger partial charge in [0.15, 0.2) is 5.03 Å². The van der Waals surface area contributed by atoms with Crippen LogP contribution in [0, 0.1) is 6.92 Å². The highest BCUT2D eigenvalue weighted by Crippen LogP contribution is 2.18. The van der Waals surface area contributed by atoms with Crippen molar-refractivity contribution in [1.82, 2.24) is 19.2 Å². The molecule has 0 aliphatic carbocycles. The van der Waals surface area contributed by atoms with E-state index in [1.807, 2.05) is 6.92 Å². The second-order valence-electron chi connectivity index (χ2n) is 4.41. The van der Waals surface area contributed by atoms with Crippen molar-refractivity contribution in [3.63, 3.8) is 0 Å². The molecule has 1 saturated heterocycles. The molecule has 1 fully saturated rings. The van der Waals surface area contributed by atoms with E-state index < -0.39 is 10.0 Å². The zero-order valence-corrected chi connectivity index (χ0v) is 12.4. The van der Waals surface area contributed by atoms with Gasteiger partial charge in [0.2, 0.25) is 0 Å². The summed E-state index contributed by atoms with van der Waals surface area (Å²) >= 11 is 0. The first kappa shape index (κ1) is 15.4. The molecule has 104 valence electrons. The van der Waals surface area contributed by atoms with Gasteiger partial charge in [0.25, 0.3) is 10.0 Å². The summed E-state index contributed by atoms with van der Waals surface area (Å²) in [7, 11) is -1.66. The molecule has 8 heteroatoms. The minimum Gasteiger partial charge on any atom is -0.337 e. The highest BCUT2D eigenvalue weighted by atomic mass is 35.5. The molecule has 1 aromatic rings. The Morgan fingerprint density at radius 3 is 2.67 bits per heavy atom. The number of hydrogen-bond acceptors (Lipinski definition) is 4. The van der Waals surface area contributed by atoms with Crippen LogP contribution in [0.15, 0.2) is 11.2 Å². The largest absolute Gasteiger partial charge is 0.337 e. The second-order valence-corrected chi connectivity index (χ2v) is 6.24. The molecule has 0 bridgehead atoms. The van der Waals surface area contributed by atoms with Crippen molar-refractivity contribution in [3.8, 4) is 0 Å². The first-order valence-corrected chi connectivity index (χ1v) is 7.09. The van der Waals surface area contributed by atoms with Crippen LogP contribution in [0.3, 0.4) is 0 Å². The minimum absolute atomic E-state index is 0. The van der Waals surface area contributed by atoms with Gasteiger partial charge in [-0.1, -0.05) is 0 Å². The Labute approximate surface area is 114 Å². The molecule has 2 rings (SSSR count). The number of nitrogens with zero attached hydrogens (tertiary/aromatic N) is 3. The van der Waals surface area contributed by atoms with E-state index in [1.54, 1.807) is 24.7 Å². The van der Waals surface area contributed by atoms with Gasteiger partial charge in [0.05, 0.1) is 0 Å². The summed E-state index contributed by atoms with van der Waals surface area (Å²) in [5, 5.41) is 3.32. The Hall–Kier alpha value is -0.630. The number of nitrogens with one attached hydrogen (secondary N) is 1. The number of imidazole rings is 1. The van der Waals surface area contributed by atoms with Crippen LogP contribution in [0.2, 0.25) is 0 Å². The third-order valence-electron chi connectivity index (χ3n) is 3.10. The molecule has 1 aliphatic rings. The normalized spacial score (nSPS) is 21.6. The van der Waals surface area contributed by atoms with E-state index in [1.165, 1.54) is 4.31 Å². The maximum atomic E-state index is 12.4. The van der Waals surface area contributed by atoms with Gasteiger partial charge in [-0.2, -0.15) is 4.31 Å². The lowest BCUT2D eigenvalue weighted by atomic mass is 10.3. The van der Waals surface area contributed by atoms with Gasteiger partial charge in [-0.05, 0) is 13.8 Å². The molecular weight excluding hydrogens is 276 g/mol. The number of piperazine rings is 1. The highest BCUT2D eigenvalue weighted by Gasteiger charge is 2.32.